The van der Waals surface area contributed by atoms with Crippen LogP contribution in [-0.2, 0) is 12.6 Å². The smallest absolute Gasteiger partial charge is 0.361 e. The molecule has 180 valence electrons. The van der Waals surface area contributed by atoms with Crippen LogP contribution in [-0.4, -0.2) is 10.9 Å². The molecular weight excluding hydrogens is 463 g/mol. The summed E-state index contributed by atoms with van der Waals surface area (Å²) in [6.45, 7) is 0. The van der Waals surface area contributed by atoms with Crippen LogP contribution in [0, 0.1) is 11.8 Å². The van der Waals surface area contributed by atoms with Crippen molar-refractivity contribution in [2.24, 2.45) is 11.8 Å². The summed E-state index contributed by atoms with van der Waals surface area (Å²) in [6.07, 6.45) is 2.56. The largest absolute Gasteiger partial charge is 0.416 e. The lowest BCUT2D eigenvalue weighted by molar-refractivity contribution is -0.137. The number of halogens is 4. The first-order valence-electron chi connectivity index (χ1n) is 11.7. The molecule has 0 atom stereocenters. The van der Waals surface area contributed by atoms with Gasteiger partial charge in [-0.05, 0) is 49.3 Å². The van der Waals surface area contributed by atoms with Crippen LogP contribution < -0.4 is 0 Å². The summed E-state index contributed by atoms with van der Waals surface area (Å²) < 4.78 is 44.5. The first-order chi connectivity index (χ1) is 16.3. The van der Waals surface area contributed by atoms with Crippen LogP contribution in [0.5, 0.6) is 0 Å². The molecule has 2 aromatic carbocycles. The predicted octanol–water partition coefficient (Wildman–Crippen LogP) is 8.42. The van der Waals surface area contributed by atoms with Gasteiger partial charge in [-0.3, -0.25) is 4.79 Å². The molecule has 0 amide bonds. The Hall–Kier alpha value is -2.60. The van der Waals surface area contributed by atoms with Gasteiger partial charge in [-0.2, -0.15) is 13.2 Å². The molecule has 1 aliphatic carbocycles. The fourth-order valence-corrected chi connectivity index (χ4v) is 4.98. The normalized spacial score (nSPS) is 18.7. The maximum absolute atomic E-state index is 13.0. The molecule has 3 aromatic rings. The van der Waals surface area contributed by atoms with E-state index in [9.17, 15) is 18.0 Å². The third-order valence-corrected chi connectivity index (χ3v) is 7.03. The number of Topliss-reactive ketones (excluding diaryl/α,β-unsaturated/α-hetero) is 1. The van der Waals surface area contributed by atoms with E-state index in [2.05, 4.69) is 5.16 Å². The number of hydrogen-bond acceptors (Lipinski definition) is 3. The van der Waals surface area contributed by atoms with E-state index in [1.807, 2.05) is 36.4 Å². The summed E-state index contributed by atoms with van der Waals surface area (Å²) >= 11 is 6.03. The monoisotopic (exact) mass is 489 g/mol. The van der Waals surface area contributed by atoms with Crippen molar-refractivity contribution in [3.05, 3.63) is 76.5 Å². The third kappa shape index (κ3) is 6.29. The molecule has 0 bridgehead atoms. The fraction of sp³-hybridized carbons (Fsp3) is 0.407. The Kier molecular flexibility index (Phi) is 7.77. The van der Waals surface area contributed by atoms with Gasteiger partial charge in [-0.25, -0.2) is 0 Å². The van der Waals surface area contributed by atoms with Gasteiger partial charge in [0.15, 0.2) is 5.78 Å². The lowest BCUT2D eigenvalue weighted by Gasteiger charge is -2.28. The highest BCUT2D eigenvalue weighted by molar-refractivity contribution is 6.34. The van der Waals surface area contributed by atoms with Crippen molar-refractivity contribution in [1.82, 2.24) is 5.16 Å². The lowest BCUT2D eigenvalue weighted by atomic mass is 9.77. The van der Waals surface area contributed by atoms with Crippen LogP contribution in [0.3, 0.4) is 0 Å². The highest BCUT2D eigenvalue weighted by atomic mass is 35.5. The molecule has 3 nitrogen and oxygen atoms in total. The Morgan fingerprint density at radius 3 is 2.41 bits per heavy atom. The minimum atomic E-state index is -4.49. The first-order valence-corrected chi connectivity index (χ1v) is 12.1. The number of alkyl halides is 3. The van der Waals surface area contributed by atoms with Crippen molar-refractivity contribution in [3.8, 4) is 11.3 Å². The van der Waals surface area contributed by atoms with E-state index >= 15 is 0 Å². The second kappa shape index (κ2) is 10.8. The van der Waals surface area contributed by atoms with Crippen LogP contribution >= 0.6 is 11.6 Å². The second-order valence-corrected chi connectivity index (χ2v) is 9.55. The zero-order chi connectivity index (χ0) is 24.1. The molecule has 1 saturated carbocycles. The molecule has 1 aliphatic rings. The van der Waals surface area contributed by atoms with Crippen molar-refractivity contribution < 1.29 is 22.5 Å². The fourth-order valence-electron chi connectivity index (χ4n) is 4.75. The first kappa shape index (κ1) is 24.5. The molecule has 0 unspecified atom stereocenters. The summed E-state index contributed by atoms with van der Waals surface area (Å²) in [5.41, 5.74) is 1.02. The predicted molar refractivity (Wildman–Crippen MR) is 126 cm³/mol. The van der Waals surface area contributed by atoms with Gasteiger partial charge in [0.25, 0.3) is 0 Å². The van der Waals surface area contributed by atoms with Crippen molar-refractivity contribution >= 4 is 17.4 Å². The highest BCUT2D eigenvalue weighted by Crippen LogP contribution is 2.36. The SMILES string of the molecule is O=C(CC1CCC(CCCc2cc(-c3ccccc3)no2)CC1)c1cc(C(F)(F)F)ccc1Cl. The highest BCUT2D eigenvalue weighted by Gasteiger charge is 2.32. The minimum absolute atomic E-state index is 0.0273. The average molecular weight is 490 g/mol. The lowest BCUT2D eigenvalue weighted by Crippen LogP contribution is -2.18. The van der Waals surface area contributed by atoms with Gasteiger partial charge in [-0.1, -0.05) is 66.4 Å². The Bertz CT molecular complexity index is 1100. The minimum Gasteiger partial charge on any atom is -0.361 e. The van der Waals surface area contributed by atoms with Gasteiger partial charge in [-0.15, -0.1) is 0 Å². The van der Waals surface area contributed by atoms with Crippen LogP contribution in [0.4, 0.5) is 13.2 Å². The maximum atomic E-state index is 13.0. The van der Waals surface area contributed by atoms with E-state index in [4.69, 9.17) is 16.1 Å². The van der Waals surface area contributed by atoms with Gasteiger partial charge >= 0.3 is 6.18 Å². The maximum Gasteiger partial charge on any atom is 0.416 e. The van der Waals surface area contributed by atoms with Gasteiger partial charge < -0.3 is 4.52 Å². The Morgan fingerprint density at radius 1 is 1.00 bits per heavy atom. The molecule has 0 saturated heterocycles. The van der Waals surface area contributed by atoms with Crippen LogP contribution in [0.1, 0.15) is 66.6 Å². The van der Waals surface area contributed by atoms with Gasteiger partial charge in [0.05, 0.1) is 10.6 Å². The number of carbonyl (C=O) groups is 1. The van der Waals surface area contributed by atoms with E-state index in [1.165, 1.54) is 0 Å². The molecule has 7 heteroatoms. The number of nitrogens with zero attached hydrogens (tertiary/aromatic N) is 1. The van der Waals surface area contributed by atoms with Crippen molar-refractivity contribution in [1.29, 1.82) is 0 Å². The van der Waals surface area contributed by atoms with E-state index in [1.54, 1.807) is 0 Å². The Balaban J connectivity index is 1.21. The zero-order valence-corrected chi connectivity index (χ0v) is 19.5. The van der Waals surface area contributed by atoms with Crippen LogP contribution in [0.25, 0.3) is 11.3 Å². The molecule has 4 rings (SSSR count). The Morgan fingerprint density at radius 2 is 1.71 bits per heavy atom. The zero-order valence-electron chi connectivity index (χ0n) is 18.8. The summed E-state index contributed by atoms with van der Waals surface area (Å²) in [7, 11) is 0. The molecule has 1 aromatic heterocycles. The number of benzene rings is 2. The number of rotatable bonds is 8. The number of ketones is 1. The molecular formula is C27H27ClF3NO2. The molecule has 0 N–H and O–H groups in total. The number of aryl methyl sites for hydroxylation is 1. The van der Waals surface area contributed by atoms with Crippen molar-refractivity contribution in [2.75, 3.05) is 0 Å². The second-order valence-electron chi connectivity index (χ2n) is 9.14. The average Bonchev–Trinajstić information content (AvgIpc) is 3.29. The summed E-state index contributed by atoms with van der Waals surface area (Å²) in [5.74, 6) is 1.37. The van der Waals surface area contributed by atoms with E-state index in [-0.39, 0.29) is 28.7 Å². The van der Waals surface area contributed by atoms with Gasteiger partial charge in [0, 0.05) is 30.0 Å². The standard InChI is InChI=1S/C27H27ClF3NO2/c28-24-14-13-21(27(29,30)31)16-23(24)26(33)15-19-11-9-18(10-12-19)5-4-8-22-17-25(32-34-22)20-6-2-1-3-7-20/h1-3,6-7,13-14,16-19H,4-5,8-12,15H2. The van der Waals surface area contributed by atoms with Crippen molar-refractivity contribution in [2.45, 2.75) is 57.5 Å². The van der Waals surface area contributed by atoms with Crippen molar-refractivity contribution in [3.63, 3.8) is 0 Å². The molecule has 0 radical (unpaired) electrons. The molecule has 0 aliphatic heterocycles. The van der Waals surface area contributed by atoms with E-state index in [0.29, 0.717) is 5.92 Å². The molecule has 34 heavy (non-hydrogen) atoms. The van der Waals surface area contributed by atoms with E-state index < -0.39 is 11.7 Å². The summed E-state index contributed by atoms with van der Waals surface area (Å²) in [5, 5.41) is 4.24. The summed E-state index contributed by atoms with van der Waals surface area (Å²) in [6, 6.07) is 14.9. The topological polar surface area (TPSA) is 43.1 Å². The molecule has 0 spiro atoms. The quantitative estimate of drug-likeness (QED) is 0.298. The van der Waals surface area contributed by atoms with Gasteiger partial charge in [0.2, 0.25) is 0 Å². The summed E-state index contributed by atoms with van der Waals surface area (Å²) in [4.78, 5) is 12.7. The molecule has 1 heterocycles. The number of hydrogen-bond donors (Lipinski definition) is 0. The third-order valence-electron chi connectivity index (χ3n) is 6.70. The molecule has 1 fully saturated rings. The van der Waals surface area contributed by atoms with Gasteiger partial charge in [0.1, 0.15) is 11.5 Å². The number of aromatic nitrogens is 1. The Labute approximate surface area is 202 Å². The number of carbonyl (C=O) groups excluding carboxylic acids is 1. The van der Waals surface area contributed by atoms with Crippen LogP contribution in [0.15, 0.2) is 59.1 Å². The van der Waals surface area contributed by atoms with E-state index in [0.717, 1.165) is 80.2 Å². The van der Waals surface area contributed by atoms with Crippen LogP contribution in [0.2, 0.25) is 5.02 Å².